The maximum atomic E-state index is 13.8. The van der Waals surface area contributed by atoms with Crippen LogP contribution in [0.15, 0.2) is 24.3 Å². The van der Waals surface area contributed by atoms with Gasteiger partial charge in [-0.25, -0.2) is 4.39 Å². The van der Waals surface area contributed by atoms with Crippen LogP contribution >= 0.6 is 0 Å². The molecular formula is C13H16FN5. The molecule has 0 bridgehead atoms. The Labute approximate surface area is 110 Å². The van der Waals surface area contributed by atoms with Crippen LogP contribution in [0.3, 0.4) is 0 Å². The van der Waals surface area contributed by atoms with Gasteiger partial charge in [0.15, 0.2) is 5.82 Å². The summed E-state index contributed by atoms with van der Waals surface area (Å²) in [5, 5.41) is 15.0. The average molecular weight is 261 g/mol. The van der Waals surface area contributed by atoms with E-state index in [-0.39, 0.29) is 5.82 Å². The summed E-state index contributed by atoms with van der Waals surface area (Å²) in [5.74, 6) is 0.386. The number of hydrogen-bond donors (Lipinski definition) is 1. The summed E-state index contributed by atoms with van der Waals surface area (Å²) in [7, 11) is 0. The first-order valence-corrected chi connectivity index (χ1v) is 6.60. The molecule has 0 saturated carbocycles. The largest absolute Gasteiger partial charge is 0.314 e. The molecule has 5 nitrogen and oxygen atoms in total. The van der Waals surface area contributed by atoms with Gasteiger partial charge in [0.05, 0.1) is 0 Å². The van der Waals surface area contributed by atoms with E-state index in [4.69, 9.17) is 0 Å². The number of benzene rings is 1. The van der Waals surface area contributed by atoms with Crippen molar-refractivity contribution in [2.45, 2.75) is 31.7 Å². The fourth-order valence-corrected chi connectivity index (χ4v) is 2.46. The molecule has 1 unspecified atom stereocenters. The fourth-order valence-electron chi connectivity index (χ4n) is 2.46. The zero-order valence-electron chi connectivity index (χ0n) is 10.6. The van der Waals surface area contributed by atoms with Crippen LogP contribution in [0.4, 0.5) is 4.39 Å². The lowest BCUT2D eigenvalue weighted by Crippen LogP contribution is -2.36. The summed E-state index contributed by atoms with van der Waals surface area (Å²) in [4.78, 5) is 0. The van der Waals surface area contributed by atoms with Gasteiger partial charge in [0.1, 0.15) is 11.5 Å². The predicted octanol–water partition coefficient (Wildman–Crippen LogP) is 1.49. The lowest BCUT2D eigenvalue weighted by molar-refractivity contribution is 0.392. The predicted molar refractivity (Wildman–Crippen MR) is 68.5 cm³/mol. The molecule has 1 N–H and O–H groups in total. The van der Waals surface area contributed by atoms with Crippen LogP contribution < -0.4 is 5.32 Å². The summed E-state index contributed by atoms with van der Waals surface area (Å²) in [6.45, 7) is 1.03. The first-order chi connectivity index (χ1) is 9.34. The highest BCUT2D eigenvalue weighted by atomic mass is 19.1. The number of nitrogens with one attached hydrogen (secondary N) is 1. The molecule has 1 aromatic heterocycles. The Hall–Kier alpha value is -1.82. The molecule has 3 rings (SSSR count). The Kier molecular flexibility index (Phi) is 3.50. The summed E-state index contributed by atoms with van der Waals surface area (Å²) in [6, 6.07) is 6.92. The van der Waals surface area contributed by atoms with Crippen molar-refractivity contribution >= 4 is 0 Å². The Morgan fingerprint density at radius 3 is 3.00 bits per heavy atom. The third-order valence-electron chi connectivity index (χ3n) is 3.46. The van der Waals surface area contributed by atoms with E-state index in [1.807, 2.05) is 0 Å². The molecule has 1 fully saturated rings. The van der Waals surface area contributed by atoms with Crippen molar-refractivity contribution in [3.8, 4) is 5.69 Å². The average Bonchev–Trinajstić information content (AvgIpc) is 2.88. The molecule has 1 saturated heterocycles. The fraction of sp³-hybridized carbons (Fsp3) is 0.462. The van der Waals surface area contributed by atoms with Gasteiger partial charge in [-0.2, -0.15) is 4.68 Å². The number of halogens is 1. The summed E-state index contributed by atoms with van der Waals surface area (Å²) >= 11 is 0. The summed E-state index contributed by atoms with van der Waals surface area (Å²) < 4.78 is 15.3. The van der Waals surface area contributed by atoms with Gasteiger partial charge in [0.25, 0.3) is 0 Å². The molecule has 6 heteroatoms. The second-order valence-corrected chi connectivity index (χ2v) is 4.81. The summed E-state index contributed by atoms with van der Waals surface area (Å²) in [6.07, 6.45) is 4.28. The van der Waals surface area contributed by atoms with Gasteiger partial charge in [-0.05, 0) is 41.9 Å². The first-order valence-electron chi connectivity index (χ1n) is 6.60. The Bertz CT molecular complexity index is 547. The SMILES string of the molecule is Fc1ccccc1-n1nnnc1CC1CCCCN1. The number of piperidine rings is 1. The van der Waals surface area contributed by atoms with E-state index in [2.05, 4.69) is 20.8 Å². The number of tetrazole rings is 1. The number of aromatic nitrogens is 4. The van der Waals surface area contributed by atoms with Crippen LogP contribution in [0.2, 0.25) is 0 Å². The van der Waals surface area contributed by atoms with Crippen LogP contribution in [0.1, 0.15) is 25.1 Å². The van der Waals surface area contributed by atoms with Crippen molar-refractivity contribution in [1.82, 2.24) is 25.5 Å². The van der Waals surface area contributed by atoms with Crippen LogP contribution in [-0.4, -0.2) is 32.8 Å². The van der Waals surface area contributed by atoms with Crippen LogP contribution in [-0.2, 0) is 6.42 Å². The maximum absolute atomic E-state index is 13.8. The molecule has 1 atom stereocenters. The van der Waals surface area contributed by atoms with Crippen molar-refractivity contribution in [1.29, 1.82) is 0 Å². The van der Waals surface area contributed by atoms with E-state index in [0.717, 1.165) is 19.4 Å². The van der Waals surface area contributed by atoms with Crippen molar-refractivity contribution in [3.05, 3.63) is 35.9 Å². The highest BCUT2D eigenvalue weighted by Crippen LogP contribution is 2.15. The topological polar surface area (TPSA) is 55.6 Å². The Morgan fingerprint density at radius 2 is 2.21 bits per heavy atom. The molecule has 1 aromatic carbocycles. The molecule has 100 valence electrons. The molecule has 0 amide bonds. The minimum Gasteiger partial charge on any atom is -0.314 e. The Morgan fingerprint density at radius 1 is 1.32 bits per heavy atom. The molecular weight excluding hydrogens is 245 g/mol. The maximum Gasteiger partial charge on any atom is 0.158 e. The van der Waals surface area contributed by atoms with Gasteiger partial charge in [0.2, 0.25) is 0 Å². The highest BCUT2D eigenvalue weighted by molar-refractivity contribution is 5.32. The standard InChI is InChI=1S/C13H16FN5/c14-11-6-1-2-7-12(11)19-13(16-17-18-19)9-10-5-3-4-8-15-10/h1-2,6-7,10,15H,3-5,8-9H2. The summed E-state index contributed by atoms with van der Waals surface area (Å²) in [5.41, 5.74) is 0.401. The smallest absolute Gasteiger partial charge is 0.158 e. The molecule has 0 aliphatic carbocycles. The van der Waals surface area contributed by atoms with E-state index in [1.165, 1.54) is 23.6 Å². The van der Waals surface area contributed by atoms with E-state index < -0.39 is 0 Å². The number of para-hydroxylation sites is 1. The van der Waals surface area contributed by atoms with E-state index >= 15 is 0 Å². The number of hydrogen-bond acceptors (Lipinski definition) is 4. The van der Waals surface area contributed by atoms with Crippen LogP contribution in [0, 0.1) is 5.82 Å². The quantitative estimate of drug-likeness (QED) is 0.909. The van der Waals surface area contributed by atoms with Crippen molar-refractivity contribution in [2.75, 3.05) is 6.54 Å². The van der Waals surface area contributed by atoms with Crippen LogP contribution in [0.25, 0.3) is 5.69 Å². The van der Waals surface area contributed by atoms with Crippen molar-refractivity contribution in [2.24, 2.45) is 0 Å². The van der Waals surface area contributed by atoms with Gasteiger partial charge < -0.3 is 5.32 Å². The van der Waals surface area contributed by atoms with Gasteiger partial charge in [-0.1, -0.05) is 18.6 Å². The lowest BCUT2D eigenvalue weighted by Gasteiger charge is -2.22. The third kappa shape index (κ3) is 2.63. The third-order valence-corrected chi connectivity index (χ3v) is 3.46. The van der Waals surface area contributed by atoms with Gasteiger partial charge in [-0.15, -0.1) is 5.10 Å². The molecule has 1 aliphatic rings. The first kappa shape index (κ1) is 12.2. The van der Waals surface area contributed by atoms with Crippen molar-refractivity contribution < 1.29 is 4.39 Å². The highest BCUT2D eigenvalue weighted by Gasteiger charge is 2.18. The second-order valence-electron chi connectivity index (χ2n) is 4.81. The normalized spacial score (nSPS) is 19.5. The van der Waals surface area contributed by atoms with Crippen molar-refractivity contribution in [3.63, 3.8) is 0 Å². The monoisotopic (exact) mass is 261 g/mol. The van der Waals surface area contributed by atoms with E-state index in [0.29, 0.717) is 17.6 Å². The van der Waals surface area contributed by atoms with Gasteiger partial charge >= 0.3 is 0 Å². The Balaban J connectivity index is 1.84. The van der Waals surface area contributed by atoms with Gasteiger partial charge in [-0.3, -0.25) is 0 Å². The molecule has 19 heavy (non-hydrogen) atoms. The number of nitrogens with zero attached hydrogens (tertiary/aromatic N) is 4. The zero-order valence-corrected chi connectivity index (χ0v) is 10.6. The van der Waals surface area contributed by atoms with Crippen LogP contribution in [0.5, 0.6) is 0 Å². The van der Waals surface area contributed by atoms with E-state index in [1.54, 1.807) is 18.2 Å². The molecule has 2 heterocycles. The number of rotatable bonds is 3. The second kappa shape index (κ2) is 5.44. The zero-order chi connectivity index (χ0) is 13.1. The minimum absolute atomic E-state index is 0.312. The van der Waals surface area contributed by atoms with Gasteiger partial charge in [0, 0.05) is 12.5 Å². The van der Waals surface area contributed by atoms with E-state index in [9.17, 15) is 4.39 Å². The molecule has 0 spiro atoms. The minimum atomic E-state index is -0.312. The molecule has 2 aromatic rings. The lowest BCUT2D eigenvalue weighted by atomic mass is 10.0. The molecule has 0 radical (unpaired) electrons. The molecule has 1 aliphatic heterocycles.